The van der Waals surface area contributed by atoms with Crippen molar-refractivity contribution in [1.29, 1.82) is 0 Å². The summed E-state index contributed by atoms with van der Waals surface area (Å²) in [5.41, 5.74) is 0. The summed E-state index contributed by atoms with van der Waals surface area (Å²) in [6, 6.07) is 0. The van der Waals surface area contributed by atoms with Crippen LogP contribution in [0.15, 0.2) is 12.7 Å². The molecule has 15 heavy (non-hydrogen) atoms. The van der Waals surface area contributed by atoms with E-state index < -0.39 is 5.97 Å². The Morgan fingerprint density at radius 2 is 2.00 bits per heavy atom. The van der Waals surface area contributed by atoms with Crippen molar-refractivity contribution in [2.45, 2.75) is 26.7 Å². The molecule has 0 aliphatic heterocycles. The van der Waals surface area contributed by atoms with Gasteiger partial charge >= 0.3 is 11.9 Å². The van der Waals surface area contributed by atoms with Gasteiger partial charge in [0.25, 0.3) is 0 Å². The van der Waals surface area contributed by atoms with E-state index >= 15 is 0 Å². The molecule has 0 spiro atoms. The molecule has 0 aromatic carbocycles. The lowest BCUT2D eigenvalue weighted by Gasteiger charge is -2.06. The first-order valence-electron chi connectivity index (χ1n) is 5.01. The van der Waals surface area contributed by atoms with Crippen LogP contribution in [0.1, 0.15) is 26.7 Å². The molecular weight excluding hydrogens is 196 g/mol. The zero-order valence-corrected chi connectivity index (χ0v) is 9.32. The lowest BCUT2D eigenvalue weighted by atomic mass is 10.2. The first kappa shape index (κ1) is 13.7. The highest BCUT2D eigenvalue weighted by Crippen LogP contribution is 1.98. The van der Waals surface area contributed by atoms with Crippen LogP contribution >= 0.6 is 0 Å². The Labute approximate surface area is 90.2 Å². The summed E-state index contributed by atoms with van der Waals surface area (Å²) in [6.45, 7) is 7.86. The van der Waals surface area contributed by atoms with Gasteiger partial charge in [0, 0.05) is 12.5 Å². The fraction of sp³-hybridized carbons (Fsp3) is 0.636. The molecule has 4 heteroatoms. The SMILES string of the molecule is C=CC(=O)OCCCC(=O)OCC(C)C. The second-order valence-electron chi connectivity index (χ2n) is 3.55. The predicted molar refractivity (Wildman–Crippen MR) is 56.2 cm³/mol. The Kier molecular flexibility index (Phi) is 7.32. The lowest BCUT2D eigenvalue weighted by molar-refractivity contribution is -0.146. The van der Waals surface area contributed by atoms with Crippen molar-refractivity contribution in [3.63, 3.8) is 0 Å². The van der Waals surface area contributed by atoms with Gasteiger partial charge in [-0.2, -0.15) is 0 Å². The fourth-order valence-corrected chi connectivity index (χ4v) is 0.780. The van der Waals surface area contributed by atoms with Gasteiger partial charge in [0.05, 0.1) is 13.2 Å². The number of ether oxygens (including phenoxy) is 2. The van der Waals surface area contributed by atoms with E-state index in [1.54, 1.807) is 0 Å². The van der Waals surface area contributed by atoms with Crippen LogP contribution < -0.4 is 0 Å². The highest BCUT2D eigenvalue weighted by atomic mass is 16.5. The Hall–Kier alpha value is -1.32. The van der Waals surface area contributed by atoms with Gasteiger partial charge in [-0.1, -0.05) is 20.4 Å². The van der Waals surface area contributed by atoms with Gasteiger partial charge in [0.1, 0.15) is 0 Å². The van der Waals surface area contributed by atoms with Gasteiger partial charge in [-0.25, -0.2) is 4.79 Å². The first-order valence-corrected chi connectivity index (χ1v) is 5.01. The molecule has 0 N–H and O–H groups in total. The standard InChI is InChI=1S/C11H18O4/c1-4-10(12)14-7-5-6-11(13)15-8-9(2)3/h4,9H,1,5-8H2,2-3H3. The van der Waals surface area contributed by atoms with E-state index in [0.717, 1.165) is 6.08 Å². The molecule has 86 valence electrons. The average molecular weight is 214 g/mol. The molecule has 0 amide bonds. The van der Waals surface area contributed by atoms with E-state index in [2.05, 4.69) is 6.58 Å². The summed E-state index contributed by atoms with van der Waals surface area (Å²) in [5, 5.41) is 0. The normalized spacial score (nSPS) is 9.80. The summed E-state index contributed by atoms with van der Waals surface area (Å²) in [5.74, 6) is -0.378. The number of carbonyl (C=O) groups excluding carboxylic acids is 2. The Bertz CT molecular complexity index is 221. The third kappa shape index (κ3) is 9.00. The highest BCUT2D eigenvalue weighted by molar-refractivity contribution is 5.81. The Balaban J connectivity index is 3.39. The van der Waals surface area contributed by atoms with Crippen LogP contribution in [0.2, 0.25) is 0 Å². The van der Waals surface area contributed by atoms with Crippen molar-refractivity contribution in [3.8, 4) is 0 Å². The summed E-state index contributed by atoms with van der Waals surface area (Å²) < 4.78 is 9.64. The molecule has 0 saturated carbocycles. The van der Waals surface area contributed by atoms with Crippen molar-refractivity contribution >= 4 is 11.9 Å². The van der Waals surface area contributed by atoms with Gasteiger partial charge in [-0.05, 0) is 12.3 Å². The van der Waals surface area contributed by atoms with Crippen molar-refractivity contribution in [2.24, 2.45) is 5.92 Å². The maximum absolute atomic E-state index is 11.1. The minimum atomic E-state index is -0.467. The van der Waals surface area contributed by atoms with Gasteiger partial charge < -0.3 is 9.47 Å². The largest absolute Gasteiger partial charge is 0.465 e. The minimum absolute atomic E-state index is 0.224. The van der Waals surface area contributed by atoms with Gasteiger partial charge in [-0.3, -0.25) is 4.79 Å². The molecule has 0 saturated heterocycles. The van der Waals surface area contributed by atoms with Gasteiger partial charge in [0.2, 0.25) is 0 Å². The van der Waals surface area contributed by atoms with Crippen LogP contribution in [0, 0.1) is 5.92 Å². The third-order valence-corrected chi connectivity index (χ3v) is 1.51. The van der Waals surface area contributed by atoms with Crippen LogP contribution in [0.4, 0.5) is 0 Å². The van der Waals surface area contributed by atoms with Crippen molar-refractivity contribution in [3.05, 3.63) is 12.7 Å². The molecule has 0 fully saturated rings. The molecule has 0 rings (SSSR count). The minimum Gasteiger partial charge on any atom is -0.465 e. The molecule has 0 aromatic heterocycles. The Morgan fingerprint density at radius 3 is 2.53 bits per heavy atom. The second kappa shape index (κ2) is 8.03. The van der Waals surface area contributed by atoms with E-state index in [9.17, 15) is 9.59 Å². The van der Waals surface area contributed by atoms with E-state index in [4.69, 9.17) is 9.47 Å². The van der Waals surface area contributed by atoms with Crippen LogP contribution in [0.3, 0.4) is 0 Å². The smallest absolute Gasteiger partial charge is 0.330 e. The topological polar surface area (TPSA) is 52.6 Å². The van der Waals surface area contributed by atoms with Crippen molar-refractivity contribution in [1.82, 2.24) is 0 Å². The molecule has 0 bridgehead atoms. The third-order valence-electron chi connectivity index (χ3n) is 1.51. The number of carbonyl (C=O) groups is 2. The van der Waals surface area contributed by atoms with Gasteiger partial charge in [-0.15, -0.1) is 0 Å². The Morgan fingerprint density at radius 1 is 1.33 bits per heavy atom. The molecule has 0 radical (unpaired) electrons. The van der Waals surface area contributed by atoms with E-state index in [1.165, 1.54) is 0 Å². The lowest BCUT2D eigenvalue weighted by Crippen LogP contribution is -2.11. The molecule has 4 nitrogen and oxygen atoms in total. The molecule has 0 aliphatic carbocycles. The van der Waals surface area contributed by atoms with E-state index in [-0.39, 0.29) is 19.0 Å². The molecule has 0 aromatic rings. The first-order chi connectivity index (χ1) is 7.06. The maximum atomic E-state index is 11.1. The summed E-state index contributed by atoms with van der Waals surface area (Å²) in [6.07, 6.45) is 1.85. The summed E-state index contributed by atoms with van der Waals surface area (Å²) >= 11 is 0. The van der Waals surface area contributed by atoms with Crippen LogP contribution in [-0.2, 0) is 19.1 Å². The molecule has 0 atom stereocenters. The predicted octanol–water partition coefficient (Wildman–Crippen LogP) is 1.69. The number of rotatable bonds is 7. The summed E-state index contributed by atoms with van der Waals surface area (Å²) in [4.78, 5) is 21.7. The molecule has 0 unspecified atom stereocenters. The van der Waals surface area contributed by atoms with Crippen LogP contribution in [0.25, 0.3) is 0 Å². The molecule has 0 heterocycles. The zero-order valence-electron chi connectivity index (χ0n) is 9.32. The highest BCUT2D eigenvalue weighted by Gasteiger charge is 2.04. The summed E-state index contributed by atoms with van der Waals surface area (Å²) in [7, 11) is 0. The number of hydrogen-bond acceptors (Lipinski definition) is 4. The molecular formula is C11H18O4. The second-order valence-corrected chi connectivity index (χ2v) is 3.55. The van der Waals surface area contributed by atoms with Gasteiger partial charge in [0.15, 0.2) is 0 Å². The van der Waals surface area contributed by atoms with E-state index in [0.29, 0.717) is 18.9 Å². The van der Waals surface area contributed by atoms with Crippen molar-refractivity contribution in [2.75, 3.05) is 13.2 Å². The monoisotopic (exact) mass is 214 g/mol. The van der Waals surface area contributed by atoms with Crippen molar-refractivity contribution < 1.29 is 19.1 Å². The molecule has 0 aliphatic rings. The van der Waals surface area contributed by atoms with Crippen LogP contribution in [-0.4, -0.2) is 25.2 Å². The number of hydrogen-bond donors (Lipinski definition) is 0. The van der Waals surface area contributed by atoms with E-state index in [1.807, 2.05) is 13.8 Å². The zero-order chi connectivity index (χ0) is 11.7. The fourth-order valence-electron chi connectivity index (χ4n) is 0.780. The number of esters is 2. The average Bonchev–Trinajstić information content (AvgIpc) is 2.21. The van der Waals surface area contributed by atoms with Crippen LogP contribution in [0.5, 0.6) is 0 Å². The quantitative estimate of drug-likeness (QED) is 0.367. The maximum Gasteiger partial charge on any atom is 0.330 e.